The van der Waals surface area contributed by atoms with Crippen molar-refractivity contribution in [2.45, 2.75) is 19.8 Å². The first-order chi connectivity index (χ1) is 16.3. The number of carbonyl (C=O) groups excluding carboxylic acids is 2. The average molecular weight is 557 g/mol. The zero-order valence-corrected chi connectivity index (χ0v) is 21.8. The van der Waals surface area contributed by atoms with Crippen LogP contribution in [0.3, 0.4) is 0 Å². The Morgan fingerprint density at radius 3 is 2.50 bits per heavy atom. The number of ketones is 2. The van der Waals surface area contributed by atoms with Crippen molar-refractivity contribution in [2.24, 2.45) is 12.0 Å². The number of carbonyl (C=O) groups is 2. The van der Waals surface area contributed by atoms with Crippen LogP contribution in [0.2, 0.25) is 0 Å². The van der Waals surface area contributed by atoms with Gasteiger partial charge in [-0.05, 0) is 43.2 Å². The molecule has 3 heterocycles. The van der Waals surface area contributed by atoms with E-state index in [1.54, 1.807) is 25.4 Å². The maximum absolute atomic E-state index is 12.7. The van der Waals surface area contributed by atoms with E-state index in [1.165, 1.54) is 22.7 Å². The molecule has 0 bridgehead atoms. The second-order valence-electron chi connectivity index (χ2n) is 7.78. The van der Waals surface area contributed by atoms with Crippen LogP contribution in [0.1, 0.15) is 43.9 Å². The van der Waals surface area contributed by atoms with Crippen molar-refractivity contribution in [1.82, 2.24) is 9.55 Å². The first kappa shape index (κ1) is 24.3. The van der Waals surface area contributed by atoms with Crippen LogP contribution in [0, 0.1) is 0 Å². The molecule has 0 aliphatic carbocycles. The minimum absolute atomic E-state index is 0.00180. The molecule has 0 radical (unpaired) electrons. The first-order valence-corrected chi connectivity index (χ1v) is 13.0. The van der Waals surface area contributed by atoms with Gasteiger partial charge in [0.25, 0.3) is 0 Å². The minimum Gasteiger partial charge on any atom is -0.506 e. The van der Waals surface area contributed by atoms with E-state index in [9.17, 15) is 14.7 Å². The summed E-state index contributed by atoms with van der Waals surface area (Å²) in [7, 11) is 1.89. The molecule has 3 aromatic heterocycles. The van der Waals surface area contributed by atoms with Crippen LogP contribution in [0.25, 0.3) is 10.4 Å². The number of nitrogens with zero attached hydrogens (tertiary/aromatic N) is 3. The van der Waals surface area contributed by atoms with Gasteiger partial charge in [0.15, 0.2) is 11.6 Å². The van der Waals surface area contributed by atoms with Crippen LogP contribution in [0.4, 0.5) is 0 Å². The summed E-state index contributed by atoms with van der Waals surface area (Å²) in [5, 5.41) is 12.5. The Morgan fingerprint density at radius 1 is 1.12 bits per heavy atom. The Bertz CT molecular complexity index is 1370. The number of hydrogen-bond acceptors (Lipinski definition) is 7. The number of halogens is 1. The van der Waals surface area contributed by atoms with Gasteiger partial charge in [0.05, 0.1) is 26.7 Å². The zero-order chi connectivity index (χ0) is 24.2. The highest BCUT2D eigenvalue weighted by Gasteiger charge is 2.17. The Morgan fingerprint density at radius 2 is 1.82 bits per heavy atom. The van der Waals surface area contributed by atoms with Crippen molar-refractivity contribution in [1.29, 1.82) is 0 Å². The number of benzene rings is 1. The molecule has 4 rings (SSSR count). The monoisotopic (exact) mass is 555 g/mol. The van der Waals surface area contributed by atoms with E-state index >= 15 is 0 Å². The molecule has 0 saturated carbocycles. The molecule has 0 atom stereocenters. The minimum atomic E-state index is -0.157. The van der Waals surface area contributed by atoms with Gasteiger partial charge < -0.3 is 9.67 Å². The third-order valence-corrected chi connectivity index (χ3v) is 7.96. The Balaban J connectivity index is 1.38. The van der Waals surface area contributed by atoms with Crippen LogP contribution >= 0.6 is 38.6 Å². The molecule has 1 aromatic carbocycles. The normalized spacial score (nSPS) is 11.7. The molecule has 34 heavy (non-hydrogen) atoms. The molecule has 4 aromatic rings. The molecule has 0 saturated heterocycles. The fourth-order valence-corrected chi connectivity index (χ4v) is 5.55. The van der Waals surface area contributed by atoms with Gasteiger partial charge in [-0.15, -0.1) is 22.7 Å². The summed E-state index contributed by atoms with van der Waals surface area (Å²) in [4.78, 5) is 35.6. The zero-order valence-electron chi connectivity index (χ0n) is 18.6. The summed E-state index contributed by atoms with van der Waals surface area (Å²) in [5.41, 5.74) is 2.99. The molecule has 174 valence electrons. The van der Waals surface area contributed by atoms with E-state index in [1.807, 2.05) is 47.5 Å². The number of aromatic hydroxyl groups is 1. The van der Waals surface area contributed by atoms with E-state index < -0.39 is 0 Å². The lowest BCUT2D eigenvalue weighted by molar-refractivity contribution is 0.0984. The van der Waals surface area contributed by atoms with Gasteiger partial charge in [-0.25, -0.2) is 4.98 Å². The Labute approximate surface area is 213 Å². The highest BCUT2D eigenvalue weighted by Crippen LogP contribution is 2.39. The van der Waals surface area contributed by atoms with Crippen molar-refractivity contribution >= 4 is 55.9 Å². The molecule has 0 aliphatic heterocycles. The molecule has 0 unspecified atom stereocenters. The first-order valence-electron chi connectivity index (χ1n) is 10.5. The van der Waals surface area contributed by atoms with Crippen LogP contribution in [-0.2, 0) is 13.5 Å². The molecule has 1 N–H and O–H groups in total. The van der Waals surface area contributed by atoms with Crippen molar-refractivity contribution in [3.63, 3.8) is 0 Å². The average Bonchev–Trinajstić information content (AvgIpc) is 3.56. The van der Waals surface area contributed by atoms with Gasteiger partial charge in [-0.1, -0.05) is 28.1 Å². The predicted octanol–water partition coefficient (Wildman–Crippen LogP) is 6.19. The van der Waals surface area contributed by atoms with Crippen LogP contribution in [0.15, 0.2) is 63.8 Å². The smallest absolute Gasteiger partial charge is 0.194 e. The maximum atomic E-state index is 12.7. The van der Waals surface area contributed by atoms with Gasteiger partial charge in [-0.3, -0.25) is 14.6 Å². The van der Waals surface area contributed by atoms with Gasteiger partial charge in [-0.2, -0.15) is 0 Å². The van der Waals surface area contributed by atoms with Crippen molar-refractivity contribution in [2.75, 3.05) is 6.54 Å². The highest BCUT2D eigenvalue weighted by molar-refractivity contribution is 9.10. The molecule has 9 heteroatoms. The summed E-state index contributed by atoms with van der Waals surface area (Å²) in [5.74, 6) is 0.00645. The van der Waals surface area contributed by atoms with Crippen molar-refractivity contribution in [3.05, 3.63) is 79.8 Å². The lowest BCUT2D eigenvalue weighted by atomic mass is 10.1. The number of hydrogen-bond donors (Lipinski definition) is 1. The van der Waals surface area contributed by atoms with Crippen molar-refractivity contribution < 1.29 is 14.7 Å². The Hall–Kier alpha value is -2.88. The lowest BCUT2D eigenvalue weighted by Gasteiger charge is -2.02. The number of Topliss-reactive ketones (excluding diaryl/α,β-unsaturated/α-hetero) is 2. The van der Waals surface area contributed by atoms with Gasteiger partial charge in [0.2, 0.25) is 0 Å². The summed E-state index contributed by atoms with van der Waals surface area (Å²) in [6.07, 6.45) is 4.52. The lowest BCUT2D eigenvalue weighted by Crippen LogP contribution is -2.04. The van der Waals surface area contributed by atoms with E-state index in [-0.39, 0.29) is 23.9 Å². The van der Waals surface area contributed by atoms with Gasteiger partial charge in [0, 0.05) is 40.8 Å². The summed E-state index contributed by atoms with van der Waals surface area (Å²) in [6.45, 7) is 1.73. The van der Waals surface area contributed by atoms with Crippen molar-refractivity contribution in [3.8, 4) is 16.2 Å². The molecule has 6 nitrogen and oxygen atoms in total. The predicted molar refractivity (Wildman–Crippen MR) is 141 cm³/mol. The van der Waals surface area contributed by atoms with Gasteiger partial charge in [0.1, 0.15) is 12.3 Å². The molecule has 0 aliphatic rings. The molecule has 0 fully saturated rings. The van der Waals surface area contributed by atoms with Gasteiger partial charge >= 0.3 is 0 Å². The standard InChI is InChI=1S/C25H22BrN3O3S2/c1-15(19-13-33-25(24(19)32)16-3-5-17(26)6-4-16)27-11-21(31)23-10-9-22(34-23)20(30)8-7-18-12-29(2)14-28-18/h3-6,9-10,12-14,32H,7-8,11H2,1-2H3. The fraction of sp³-hybridized carbons (Fsp3) is 0.200. The summed E-state index contributed by atoms with van der Waals surface area (Å²) >= 11 is 6.04. The maximum Gasteiger partial charge on any atom is 0.194 e. The van der Waals surface area contributed by atoms with E-state index in [4.69, 9.17) is 0 Å². The van der Waals surface area contributed by atoms with Crippen LogP contribution in [0.5, 0.6) is 5.75 Å². The van der Waals surface area contributed by atoms with E-state index in [0.717, 1.165) is 20.6 Å². The summed E-state index contributed by atoms with van der Waals surface area (Å²) < 4.78 is 2.82. The fourth-order valence-electron chi connectivity index (χ4n) is 3.37. The topological polar surface area (TPSA) is 84.5 Å². The molecule has 0 amide bonds. The molecular weight excluding hydrogens is 534 g/mol. The van der Waals surface area contributed by atoms with Crippen LogP contribution < -0.4 is 0 Å². The third-order valence-electron chi connectivity index (χ3n) is 5.24. The second kappa shape index (κ2) is 10.6. The third kappa shape index (κ3) is 5.60. The van der Waals surface area contributed by atoms with E-state index in [0.29, 0.717) is 33.9 Å². The number of thiophene rings is 2. The Kier molecular flexibility index (Phi) is 7.55. The second-order valence-corrected chi connectivity index (χ2v) is 10.7. The highest BCUT2D eigenvalue weighted by atomic mass is 79.9. The largest absolute Gasteiger partial charge is 0.506 e. The number of aliphatic imine (C=N–C) groups is 1. The number of imidazole rings is 1. The SMILES string of the molecule is CC(=NCC(=O)c1ccc(C(=O)CCc2cn(C)cn2)s1)c1csc(-c2ccc(Br)cc2)c1O. The number of aromatic nitrogens is 2. The van der Waals surface area contributed by atoms with Crippen LogP contribution in [-0.4, -0.2) is 38.5 Å². The molecule has 0 spiro atoms. The quantitative estimate of drug-likeness (QED) is 0.197. The van der Waals surface area contributed by atoms with E-state index in [2.05, 4.69) is 25.9 Å². The number of rotatable bonds is 9. The summed E-state index contributed by atoms with van der Waals surface area (Å²) in [6, 6.07) is 11.1. The molecular formula is C25H22BrN3O3S2. The number of aryl methyl sites for hydroxylation is 2.